The number of fused-ring (bicyclic) bond motifs is 1. The molecule has 2 aromatic carbocycles. The van der Waals surface area contributed by atoms with Crippen molar-refractivity contribution in [3.05, 3.63) is 81.0 Å². The van der Waals surface area contributed by atoms with Gasteiger partial charge in [-0.05, 0) is 48.9 Å². The highest BCUT2D eigenvalue weighted by Gasteiger charge is 2.20. The van der Waals surface area contributed by atoms with Crippen molar-refractivity contribution < 1.29 is 14.6 Å². The van der Waals surface area contributed by atoms with E-state index in [0.717, 1.165) is 11.3 Å². The van der Waals surface area contributed by atoms with E-state index in [0.29, 0.717) is 12.4 Å². The van der Waals surface area contributed by atoms with Gasteiger partial charge in [0.15, 0.2) is 11.2 Å². The van der Waals surface area contributed by atoms with Crippen LogP contribution < -0.4 is 26.1 Å². The number of aliphatic hydroxyl groups is 1. The fourth-order valence-electron chi connectivity index (χ4n) is 3.45. The van der Waals surface area contributed by atoms with Crippen LogP contribution >= 0.6 is 0 Å². The molecule has 0 amide bonds. The number of aromatic amines is 1. The summed E-state index contributed by atoms with van der Waals surface area (Å²) in [4.78, 5) is 31.3. The minimum absolute atomic E-state index is 0.0117. The number of ether oxygens (including phenoxy) is 2. The molecule has 4 rings (SSSR count). The van der Waals surface area contributed by atoms with Gasteiger partial charge in [-0.3, -0.25) is 14.3 Å². The Morgan fingerprint density at radius 2 is 1.83 bits per heavy atom. The second kappa shape index (κ2) is 10.7. The van der Waals surface area contributed by atoms with E-state index in [1.165, 1.54) is 16.2 Å². The minimum Gasteiger partial charge on any atom is -0.494 e. The standard InChI is InChI=1S/C24H26N6O5/c1-3-34-19-11-9-16(10-12-19)13-25-28-23-26-21-20(22(32)27-24(33)29(21)2)30(23)14-17(31)15-35-18-7-5-4-6-8-18/h4-13,17,31H,3,14-15H2,1-2H3,(H,26,28)(H,27,32,33). The number of aromatic nitrogens is 4. The molecule has 0 fully saturated rings. The Morgan fingerprint density at radius 3 is 2.54 bits per heavy atom. The van der Waals surface area contributed by atoms with Crippen LogP contribution in [0.2, 0.25) is 0 Å². The number of hydrazone groups is 1. The molecule has 1 atom stereocenters. The van der Waals surface area contributed by atoms with E-state index in [9.17, 15) is 14.7 Å². The topological polar surface area (TPSA) is 136 Å². The lowest BCUT2D eigenvalue weighted by atomic mass is 10.2. The van der Waals surface area contributed by atoms with Gasteiger partial charge in [-0.25, -0.2) is 10.2 Å². The van der Waals surface area contributed by atoms with E-state index < -0.39 is 17.4 Å². The van der Waals surface area contributed by atoms with Gasteiger partial charge in [-0.15, -0.1) is 0 Å². The van der Waals surface area contributed by atoms with Crippen LogP contribution in [-0.4, -0.2) is 49.7 Å². The average Bonchev–Trinajstić information content (AvgIpc) is 3.22. The average molecular weight is 479 g/mol. The molecule has 0 spiro atoms. The Bertz CT molecular complexity index is 1420. The zero-order chi connectivity index (χ0) is 24.8. The molecule has 0 aliphatic heterocycles. The number of hydrogen-bond acceptors (Lipinski definition) is 8. The van der Waals surface area contributed by atoms with Gasteiger partial charge in [0.1, 0.15) is 24.2 Å². The van der Waals surface area contributed by atoms with E-state index in [-0.39, 0.29) is 30.3 Å². The Kier molecular flexibility index (Phi) is 7.27. The van der Waals surface area contributed by atoms with Crippen LogP contribution in [0.3, 0.4) is 0 Å². The SMILES string of the molecule is CCOc1ccc(C=NNc2nc3c(c(=O)[nH]c(=O)n3C)n2CC(O)COc2ccccc2)cc1. The van der Waals surface area contributed by atoms with Gasteiger partial charge < -0.3 is 19.1 Å². The zero-order valence-corrected chi connectivity index (χ0v) is 19.3. The molecule has 4 aromatic rings. The van der Waals surface area contributed by atoms with Crippen molar-refractivity contribution in [3.8, 4) is 11.5 Å². The molecule has 2 aromatic heterocycles. The van der Waals surface area contributed by atoms with Crippen molar-refractivity contribution >= 4 is 23.3 Å². The molecule has 0 bridgehead atoms. The summed E-state index contributed by atoms with van der Waals surface area (Å²) in [5.41, 5.74) is 2.71. The van der Waals surface area contributed by atoms with Crippen molar-refractivity contribution in [2.24, 2.45) is 12.1 Å². The van der Waals surface area contributed by atoms with Gasteiger partial charge in [-0.2, -0.15) is 10.1 Å². The molecule has 1 unspecified atom stereocenters. The molecular weight excluding hydrogens is 452 g/mol. The highest BCUT2D eigenvalue weighted by molar-refractivity contribution is 5.80. The minimum atomic E-state index is -0.972. The lowest BCUT2D eigenvalue weighted by Crippen LogP contribution is -2.30. The first-order valence-corrected chi connectivity index (χ1v) is 11.0. The molecule has 11 heteroatoms. The first kappa shape index (κ1) is 23.8. The Balaban J connectivity index is 1.58. The third-order valence-electron chi connectivity index (χ3n) is 5.16. The number of hydrogen-bond donors (Lipinski definition) is 3. The molecule has 11 nitrogen and oxygen atoms in total. The van der Waals surface area contributed by atoms with Gasteiger partial charge in [0, 0.05) is 7.05 Å². The highest BCUT2D eigenvalue weighted by atomic mass is 16.5. The highest BCUT2D eigenvalue weighted by Crippen LogP contribution is 2.17. The summed E-state index contributed by atoms with van der Waals surface area (Å²) in [5.74, 6) is 1.56. The van der Waals surface area contributed by atoms with Crippen molar-refractivity contribution in [1.29, 1.82) is 0 Å². The molecule has 3 N–H and O–H groups in total. The van der Waals surface area contributed by atoms with E-state index in [1.807, 2.05) is 49.4 Å². The maximum atomic E-state index is 12.6. The van der Waals surface area contributed by atoms with Crippen molar-refractivity contribution in [2.75, 3.05) is 18.6 Å². The molecule has 0 saturated carbocycles. The molecule has 35 heavy (non-hydrogen) atoms. The normalized spacial score (nSPS) is 12.2. The third kappa shape index (κ3) is 5.58. The van der Waals surface area contributed by atoms with Crippen LogP contribution in [0.1, 0.15) is 12.5 Å². The largest absolute Gasteiger partial charge is 0.494 e. The number of nitrogens with zero attached hydrogens (tertiary/aromatic N) is 4. The maximum absolute atomic E-state index is 12.6. The van der Waals surface area contributed by atoms with Gasteiger partial charge in [0.2, 0.25) is 5.95 Å². The zero-order valence-electron chi connectivity index (χ0n) is 19.3. The number of rotatable bonds is 10. The van der Waals surface area contributed by atoms with Crippen LogP contribution in [-0.2, 0) is 13.6 Å². The maximum Gasteiger partial charge on any atom is 0.329 e. The molecule has 182 valence electrons. The van der Waals surface area contributed by atoms with Gasteiger partial charge in [-0.1, -0.05) is 18.2 Å². The predicted octanol–water partition coefficient (Wildman–Crippen LogP) is 1.71. The molecule has 0 saturated heterocycles. The van der Waals surface area contributed by atoms with E-state index in [4.69, 9.17) is 9.47 Å². The predicted molar refractivity (Wildman–Crippen MR) is 132 cm³/mol. The number of aliphatic hydroxyl groups excluding tert-OH is 1. The fraction of sp³-hybridized carbons (Fsp3) is 0.250. The summed E-state index contributed by atoms with van der Waals surface area (Å²) in [6.07, 6.45) is 0.609. The molecule has 2 heterocycles. The van der Waals surface area contributed by atoms with E-state index in [2.05, 4.69) is 20.5 Å². The smallest absolute Gasteiger partial charge is 0.329 e. The number of H-pyrrole nitrogens is 1. The number of imidazole rings is 1. The third-order valence-corrected chi connectivity index (χ3v) is 5.16. The van der Waals surface area contributed by atoms with E-state index >= 15 is 0 Å². The lowest BCUT2D eigenvalue weighted by Gasteiger charge is -2.15. The monoisotopic (exact) mass is 478 g/mol. The summed E-state index contributed by atoms with van der Waals surface area (Å²) in [7, 11) is 1.50. The Labute approximate surface area is 200 Å². The lowest BCUT2D eigenvalue weighted by molar-refractivity contribution is 0.0938. The van der Waals surface area contributed by atoms with Gasteiger partial charge >= 0.3 is 5.69 Å². The van der Waals surface area contributed by atoms with Gasteiger partial charge in [0.25, 0.3) is 5.56 Å². The number of para-hydroxylation sites is 1. The quantitative estimate of drug-likeness (QED) is 0.233. The second-order valence-electron chi connectivity index (χ2n) is 7.69. The molecule has 0 aliphatic rings. The Morgan fingerprint density at radius 1 is 1.11 bits per heavy atom. The summed E-state index contributed by atoms with van der Waals surface area (Å²) in [5, 5.41) is 14.8. The van der Waals surface area contributed by atoms with Crippen molar-refractivity contribution in [3.63, 3.8) is 0 Å². The van der Waals surface area contributed by atoms with Crippen LogP contribution in [0.5, 0.6) is 11.5 Å². The first-order valence-electron chi connectivity index (χ1n) is 11.0. The fourth-order valence-corrected chi connectivity index (χ4v) is 3.45. The summed E-state index contributed by atoms with van der Waals surface area (Å²) in [6, 6.07) is 16.4. The number of anilines is 1. The van der Waals surface area contributed by atoms with Crippen LogP contribution in [0.4, 0.5) is 5.95 Å². The summed E-state index contributed by atoms with van der Waals surface area (Å²) < 4.78 is 13.8. The van der Waals surface area contributed by atoms with Crippen molar-refractivity contribution in [1.82, 2.24) is 19.1 Å². The van der Waals surface area contributed by atoms with Gasteiger partial charge in [0.05, 0.1) is 19.4 Å². The summed E-state index contributed by atoms with van der Waals surface area (Å²) >= 11 is 0. The molecule has 0 aliphatic carbocycles. The first-order chi connectivity index (χ1) is 17.0. The molecular formula is C24H26N6O5. The van der Waals surface area contributed by atoms with Crippen LogP contribution in [0.15, 0.2) is 69.3 Å². The summed E-state index contributed by atoms with van der Waals surface area (Å²) in [6.45, 7) is 2.46. The van der Waals surface area contributed by atoms with Crippen LogP contribution in [0, 0.1) is 0 Å². The number of nitrogens with one attached hydrogen (secondary N) is 2. The van der Waals surface area contributed by atoms with Crippen molar-refractivity contribution in [2.45, 2.75) is 19.6 Å². The van der Waals surface area contributed by atoms with E-state index in [1.54, 1.807) is 18.3 Å². The van der Waals surface area contributed by atoms with Crippen LogP contribution in [0.25, 0.3) is 11.2 Å². The second-order valence-corrected chi connectivity index (χ2v) is 7.69. The Hall–Kier alpha value is -4.38. The number of aryl methyl sites for hydroxylation is 1. The number of benzene rings is 2. The molecule has 0 radical (unpaired) electrons.